The van der Waals surface area contributed by atoms with E-state index in [4.69, 9.17) is 40.0 Å². The fourth-order valence-electron chi connectivity index (χ4n) is 2.74. The Labute approximate surface area is 194 Å². The van der Waals surface area contributed by atoms with Gasteiger partial charge in [-0.25, -0.2) is 9.09 Å². The number of ether oxygens (including phenoxy) is 1. The van der Waals surface area contributed by atoms with Crippen LogP contribution in [0.25, 0.3) is 0 Å². The molecule has 2 atom stereocenters. The van der Waals surface area contributed by atoms with Crippen molar-refractivity contribution in [1.29, 1.82) is 0 Å². The molecule has 6 N–H and O–H groups in total. The van der Waals surface area contributed by atoms with Crippen molar-refractivity contribution in [3.05, 3.63) is 29.3 Å². The Morgan fingerprint density at radius 1 is 0.879 bits per heavy atom. The van der Waals surface area contributed by atoms with Gasteiger partial charge in [0, 0.05) is 0 Å². The summed E-state index contributed by atoms with van der Waals surface area (Å²) in [5, 5.41) is 17.7. The summed E-state index contributed by atoms with van der Waals surface area (Å²) < 4.78 is 34.5. The summed E-state index contributed by atoms with van der Waals surface area (Å²) in [5.74, 6) is -1.55. The number of carboxylic acids is 2. The van der Waals surface area contributed by atoms with Gasteiger partial charge in [0.25, 0.3) is 0 Å². The number of para-hydroxylation sites is 1. The lowest BCUT2D eigenvalue weighted by Crippen LogP contribution is -2.31. The van der Waals surface area contributed by atoms with Crippen molar-refractivity contribution in [1.82, 2.24) is 0 Å². The number of carboxylic acid groups (broad SMARTS) is 2. The minimum Gasteiger partial charge on any atom is -0.480 e. The zero-order valence-electron chi connectivity index (χ0n) is 19.4. The molecular formula is C21H35N2O9P. The van der Waals surface area contributed by atoms with E-state index in [1.54, 1.807) is 0 Å². The number of hydrogen-bond donors (Lipinski definition) is 4. The molecule has 188 valence electrons. The van der Waals surface area contributed by atoms with E-state index >= 15 is 0 Å². The van der Waals surface area contributed by atoms with E-state index in [1.165, 1.54) is 0 Å². The van der Waals surface area contributed by atoms with E-state index < -0.39 is 38.6 Å². The van der Waals surface area contributed by atoms with Crippen LogP contribution in [-0.2, 0) is 27.7 Å². The molecule has 0 aliphatic carbocycles. The average molecular weight is 490 g/mol. The van der Waals surface area contributed by atoms with Crippen LogP contribution in [0.3, 0.4) is 0 Å². The Hall–Kier alpha value is -2.01. The van der Waals surface area contributed by atoms with Gasteiger partial charge in [-0.05, 0) is 35.8 Å². The van der Waals surface area contributed by atoms with Gasteiger partial charge >= 0.3 is 19.8 Å². The van der Waals surface area contributed by atoms with Crippen molar-refractivity contribution in [3.63, 3.8) is 0 Å². The summed E-state index contributed by atoms with van der Waals surface area (Å²) in [5.41, 5.74) is 12.7. The second-order valence-electron chi connectivity index (χ2n) is 8.05. The summed E-state index contributed by atoms with van der Waals surface area (Å²) in [6.07, 6.45) is -0.287. The summed E-state index contributed by atoms with van der Waals surface area (Å²) >= 11 is 0. The number of hydrogen-bond acceptors (Lipinski definition) is 9. The molecule has 1 rings (SSSR count). The highest BCUT2D eigenvalue weighted by Gasteiger charge is 2.29. The number of benzene rings is 1. The van der Waals surface area contributed by atoms with Gasteiger partial charge < -0.3 is 26.4 Å². The maximum atomic E-state index is 13.0. The number of aliphatic carboxylic acids is 2. The van der Waals surface area contributed by atoms with E-state index in [-0.39, 0.29) is 37.9 Å². The molecule has 1 aromatic carbocycles. The maximum absolute atomic E-state index is 13.0. The second-order valence-corrected chi connectivity index (χ2v) is 9.72. The summed E-state index contributed by atoms with van der Waals surface area (Å²) in [7, 11) is -4.23. The molecule has 0 saturated carbocycles. The van der Waals surface area contributed by atoms with E-state index in [1.807, 2.05) is 45.9 Å². The molecule has 0 heterocycles. The summed E-state index contributed by atoms with van der Waals surface area (Å²) in [6.45, 7) is 6.94. The molecule has 0 radical (unpaired) electrons. The molecule has 0 aliphatic heterocycles. The van der Waals surface area contributed by atoms with Crippen LogP contribution in [0.5, 0.6) is 5.75 Å². The Morgan fingerprint density at radius 2 is 1.30 bits per heavy atom. The molecule has 0 saturated heterocycles. The maximum Gasteiger partial charge on any atom is 0.477 e. The zero-order valence-corrected chi connectivity index (χ0v) is 20.3. The Balaban J connectivity index is 2.89. The van der Waals surface area contributed by atoms with E-state index in [0.29, 0.717) is 5.75 Å². The number of rotatable bonds is 16. The van der Waals surface area contributed by atoms with Gasteiger partial charge in [-0.15, -0.1) is 0 Å². The zero-order chi connectivity index (χ0) is 25.2. The topological polar surface area (TPSA) is 181 Å². The van der Waals surface area contributed by atoms with Gasteiger partial charge in [0.15, 0.2) is 6.79 Å². The molecule has 0 fully saturated rings. The summed E-state index contributed by atoms with van der Waals surface area (Å²) in [4.78, 5) is 21.7. The molecule has 12 heteroatoms. The van der Waals surface area contributed by atoms with Gasteiger partial charge in [-0.3, -0.25) is 18.6 Å². The van der Waals surface area contributed by atoms with Crippen molar-refractivity contribution < 1.29 is 42.7 Å². The average Bonchev–Trinajstić information content (AvgIpc) is 2.73. The summed E-state index contributed by atoms with van der Waals surface area (Å²) in [6, 6.07) is 3.36. The number of carbonyl (C=O) groups is 2. The predicted molar refractivity (Wildman–Crippen MR) is 121 cm³/mol. The van der Waals surface area contributed by atoms with Crippen molar-refractivity contribution in [3.8, 4) is 5.75 Å². The van der Waals surface area contributed by atoms with Crippen LogP contribution < -0.4 is 16.2 Å². The molecule has 0 amide bonds. The highest BCUT2D eigenvalue weighted by Crippen LogP contribution is 2.50. The first kappa shape index (κ1) is 29.0. The minimum atomic E-state index is -4.23. The number of phosphoric acid groups is 1. The highest BCUT2D eigenvalue weighted by atomic mass is 31.2. The van der Waals surface area contributed by atoms with Gasteiger partial charge in [0.1, 0.15) is 17.8 Å². The third kappa shape index (κ3) is 9.79. The normalized spacial score (nSPS) is 15.3. The predicted octanol–water partition coefficient (Wildman–Crippen LogP) is 3.03. The first-order valence-electron chi connectivity index (χ1n) is 10.6. The van der Waals surface area contributed by atoms with Gasteiger partial charge in [0.2, 0.25) is 0 Å². The lowest BCUT2D eigenvalue weighted by atomic mass is 9.94. The standard InChI is InChI=1S/C21H35N2O9P/c1-13(2)15-6-5-7-16(14(3)4)19(15)29-12-32-33(28,30-10-8-17(22)20(24)25)31-11-9-18(23)21(26)27/h5-7,13-14,17-18H,8-12,22-23H2,1-4H3,(H,24,25)(H,26,27). The van der Waals surface area contributed by atoms with Gasteiger partial charge in [-0.1, -0.05) is 45.9 Å². The molecule has 0 aromatic heterocycles. The van der Waals surface area contributed by atoms with E-state index in [2.05, 4.69) is 0 Å². The van der Waals surface area contributed by atoms with Crippen LogP contribution in [0.15, 0.2) is 18.2 Å². The molecule has 1 aromatic rings. The second kappa shape index (κ2) is 13.6. The van der Waals surface area contributed by atoms with Crippen LogP contribution in [0.4, 0.5) is 0 Å². The largest absolute Gasteiger partial charge is 0.480 e. The minimum absolute atomic E-state index is 0.144. The third-order valence-corrected chi connectivity index (χ3v) is 6.14. The van der Waals surface area contributed by atoms with Gasteiger partial charge in [0.05, 0.1) is 13.2 Å². The first-order chi connectivity index (χ1) is 15.4. The molecular weight excluding hydrogens is 455 g/mol. The Bertz CT molecular complexity index is 776. The van der Waals surface area contributed by atoms with Gasteiger partial charge in [-0.2, -0.15) is 0 Å². The van der Waals surface area contributed by atoms with Crippen LogP contribution in [0.2, 0.25) is 0 Å². The molecule has 0 spiro atoms. The fourth-order valence-corrected chi connectivity index (χ4v) is 3.80. The Kier molecular flexibility index (Phi) is 12.0. The lowest BCUT2D eigenvalue weighted by molar-refractivity contribution is -0.139. The molecule has 0 aliphatic rings. The lowest BCUT2D eigenvalue weighted by Gasteiger charge is -2.22. The smallest absolute Gasteiger partial charge is 0.477 e. The molecule has 11 nitrogen and oxygen atoms in total. The number of nitrogens with two attached hydrogens (primary N) is 2. The third-order valence-electron chi connectivity index (χ3n) is 4.72. The Morgan fingerprint density at radius 3 is 1.67 bits per heavy atom. The van der Waals surface area contributed by atoms with E-state index in [0.717, 1.165) is 11.1 Å². The molecule has 33 heavy (non-hydrogen) atoms. The molecule has 2 unspecified atom stereocenters. The van der Waals surface area contributed by atoms with Crippen LogP contribution in [0.1, 0.15) is 63.5 Å². The highest BCUT2D eigenvalue weighted by molar-refractivity contribution is 7.48. The van der Waals surface area contributed by atoms with E-state index in [9.17, 15) is 14.2 Å². The van der Waals surface area contributed by atoms with Crippen molar-refractivity contribution >= 4 is 19.8 Å². The van der Waals surface area contributed by atoms with Crippen LogP contribution in [0, 0.1) is 0 Å². The quantitative estimate of drug-likeness (QED) is 0.197. The fraction of sp³-hybridized carbons (Fsp3) is 0.619. The van der Waals surface area contributed by atoms with Crippen molar-refractivity contribution in [2.75, 3.05) is 20.0 Å². The van der Waals surface area contributed by atoms with Crippen LogP contribution in [-0.4, -0.2) is 54.2 Å². The van der Waals surface area contributed by atoms with Crippen molar-refractivity contribution in [2.24, 2.45) is 11.5 Å². The molecule has 0 bridgehead atoms. The SMILES string of the molecule is CC(C)c1cccc(C(C)C)c1OCOP(=O)(OCCC(N)C(=O)O)OCCC(N)C(=O)O. The van der Waals surface area contributed by atoms with Crippen LogP contribution >= 0.6 is 7.82 Å². The monoisotopic (exact) mass is 490 g/mol. The van der Waals surface area contributed by atoms with Crippen molar-refractivity contribution in [2.45, 2.75) is 64.5 Å². The number of phosphoric ester groups is 1. The first-order valence-corrected chi connectivity index (χ1v) is 12.1.